The summed E-state index contributed by atoms with van der Waals surface area (Å²) in [6, 6.07) is 0. The Labute approximate surface area is 317 Å². The Hall–Kier alpha value is -0.0800. The fourth-order valence-electron chi connectivity index (χ4n) is 12.1. The molecule has 0 saturated carbocycles. The van der Waals surface area contributed by atoms with Crippen LogP contribution in [-0.4, -0.2) is 22.2 Å². The first-order chi connectivity index (χ1) is 23.6. The zero-order chi connectivity index (χ0) is 37.2. The van der Waals surface area contributed by atoms with Crippen molar-refractivity contribution in [2.45, 2.75) is 285 Å². The van der Waals surface area contributed by atoms with Crippen LogP contribution in [0.4, 0.5) is 0 Å². The summed E-state index contributed by atoms with van der Waals surface area (Å²) in [5.41, 5.74) is 1.29. The van der Waals surface area contributed by atoms with Crippen LogP contribution in [0.2, 0.25) is 0 Å². The molecule has 2 heterocycles. The molecule has 1 atom stereocenters. The van der Waals surface area contributed by atoms with Gasteiger partial charge in [0.1, 0.15) is 0 Å². The topological polar surface area (TPSA) is 24.1 Å². The van der Waals surface area contributed by atoms with Gasteiger partial charge in [0.2, 0.25) is 0 Å². The van der Waals surface area contributed by atoms with Gasteiger partial charge >= 0.3 is 0 Å². The lowest BCUT2D eigenvalue weighted by molar-refractivity contribution is -0.0656. The Kier molecular flexibility index (Phi) is 21.2. The smallest absolute Gasteiger partial charge is 0.0132 e. The third kappa shape index (κ3) is 17.4. The molecule has 0 aromatic heterocycles. The van der Waals surface area contributed by atoms with Crippen LogP contribution < -0.4 is 10.6 Å². The molecular formula is C48H96N2. The van der Waals surface area contributed by atoms with Gasteiger partial charge in [-0.25, -0.2) is 0 Å². The highest BCUT2D eigenvalue weighted by Gasteiger charge is 2.53. The fourth-order valence-corrected chi connectivity index (χ4v) is 12.1. The van der Waals surface area contributed by atoms with Crippen molar-refractivity contribution in [3.63, 3.8) is 0 Å². The highest BCUT2D eigenvalue weighted by atomic mass is 15.1. The largest absolute Gasteiger partial charge is 0.307 e. The van der Waals surface area contributed by atoms with Crippen molar-refractivity contribution in [1.82, 2.24) is 10.6 Å². The quantitative estimate of drug-likeness (QED) is 0.0794. The lowest BCUT2D eigenvalue weighted by atomic mass is 9.50. The van der Waals surface area contributed by atoms with Crippen molar-refractivity contribution >= 4 is 0 Å². The second-order valence-corrected chi connectivity index (χ2v) is 20.9. The highest BCUT2D eigenvalue weighted by Crippen LogP contribution is 2.58. The van der Waals surface area contributed by atoms with Gasteiger partial charge in [-0.15, -0.1) is 0 Å². The van der Waals surface area contributed by atoms with Crippen molar-refractivity contribution in [2.75, 3.05) is 0 Å². The number of hydrogen-bond donors (Lipinski definition) is 2. The summed E-state index contributed by atoms with van der Waals surface area (Å²) in [6.07, 6.45) is 41.5. The minimum absolute atomic E-state index is 0.205. The maximum absolute atomic E-state index is 4.11. The molecule has 50 heavy (non-hydrogen) atoms. The van der Waals surface area contributed by atoms with Crippen LogP contribution in [-0.2, 0) is 0 Å². The molecule has 2 aliphatic heterocycles. The minimum Gasteiger partial charge on any atom is -0.307 e. The van der Waals surface area contributed by atoms with Crippen molar-refractivity contribution in [2.24, 2.45) is 23.2 Å². The van der Waals surface area contributed by atoms with Crippen LogP contribution in [0.1, 0.15) is 262 Å². The van der Waals surface area contributed by atoms with E-state index in [0.29, 0.717) is 5.41 Å². The lowest BCUT2D eigenvalue weighted by Gasteiger charge is -2.59. The zero-order valence-corrected chi connectivity index (χ0v) is 36.7. The van der Waals surface area contributed by atoms with E-state index in [1.165, 1.54) is 186 Å². The van der Waals surface area contributed by atoms with Gasteiger partial charge in [-0.05, 0) is 117 Å². The van der Waals surface area contributed by atoms with Gasteiger partial charge < -0.3 is 10.6 Å². The molecule has 1 unspecified atom stereocenters. The van der Waals surface area contributed by atoms with E-state index < -0.39 is 0 Å². The van der Waals surface area contributed by atoms with Crippen molar-refractivity contribution in [1.29, 1.82) is 0 Å². The standard InChI is InChI=1S/C48H96N2/c1-12-15-17-19-21-23-25-27-29-31-33-35-48(42-39-46(8,9)50-47(10,11)40-42,36-34-32-30-28-26-24-22-20-18-16-13-2)43(14-3)41-37-44(4,5)49-45(6,7)38-41/h41-43,49-50H,12-40H2,1-11H3. The van der Waals surface area contributed by atoms with E-state index in [1.807, 2.05) is 0 Å². The molecule has 2 rings (SSSR count). The van der Waals surface area contributed by atoms with Gasteiger partial charge in [0.25, 0.3) is 0 Å². The predicted molar refractivity (Wildman–Crippen MR) is 226 cm³/mol. The van der Waals surface area contributed by atoms with Gasteiger partial charge in [-0.2, -0.15) is 0 Å². The third-order valence-electron chi connectivity index (χ3n) is 13.5. The number of piperidine rings is 2. The fraction of sp³-hybridized carbons (Fsp3) is 1.00. The molecule has 0 radical (unpaired) electrons. The van der Waals surface area contributed by atoms with E-state index in [2.05, 4.69) is 86.8 Å². The normalized spacial score (nSPS) is 21.4. The van der Waals surface area contributed by atoms with Gasteiger partial charge in [0.05, 0.1) is 0 Å². The van der Waals surface area contributed by atoms with Gasteiger partial charge in [0, 0.05) is 22.2 Å². The molecular weight excluding hydrogens is 605 g/mol. The van der Waals surface area contributed by atoms with Crippen LogP contribution in [0.15, 0.2) is 0 Å². The molecule has 0 aliphatic carbocycles. The van der Waals surface area contributed by atoms with E-state index in [1.54, 1.807) is 0 Å². The van der Waals surface area contributed by atoms with Crippen molar-refractivity contribution < 1.29 is 0 Å². The van der Waals surface area contributed by atoms with Gasteiger partial charge in [-0.1, -0.05) is 168 Å². The van der Waals surface area contributed by atoms with E-state index in [4.69, 9.17) is 0 Å². The summed E-state index contributed by atoms with van der Waals surface area (Å²) < 4.78 is 0. The van der Waals surface area contributed by atoms with Gasteiger partial charge in [0.15, 0.2) is 0 Å². The molecule has 0 bridgehead atoms. The van der Waals surface area contributed by atoms with E-state index in [9.17, 15) is 0 Å². The Morgan fingerprint density at radius 2 is 0.700 bits per heavy atom. The van der Waals surface area contributed by atoms with Crippen molar-refractivity contribution in [3.05, 3.63) is 0 Å². The van der Waals surface area contributed by atoms with E-state index in [-0.39, 0.29) is 22.2 Å². The lowest BCUT2D eigenvalue weighted by Crippen LogP contribution is -2.63. The Morgan fingerprint density at radius 1 is 0.420 bits per heavy atom. The average molecular weight is 701 g/mol. The molecule has 298 valence electrons. The summed E-state index contributed by atoms with van der Waals surface area (Å²) in [7, 11) is 0. The first-order valence-electron chi connectivity index (χ1n) is 23.2. The summed E-state index contributed by atoms with van der Waals surface area (Å²) >= 11 is 0. The molecule has 2 nitrogen and oxygen atoms in total. The molecule has 0 aromatic carbocycles. The summed E-state index contributed by atoms with van der Waals surface area (Å²) in [5.74, 6) is 2.45. The predicted octanol–water partition coefficient (Wildman–Crippen LogP) is 15.5. The molecule has 2 fully saturated rings. The molecule has 0 aromatic rings. The summed E-state index contributed by atoms with van der Waals surface area (Å²) in [6.45, 7) is 27.3. The molecule has 0 amide bonds. The Morgan fingerprint density at radius 3 is 1.00 bits per heavy atom. The molecule has 2 aliphatic rings. The van der Waals surface area contributed by atoms with Crippen LogP contribution in [0, 0.1) is 23.2 Å². The molecule has 2 N–H and O–H groups in total. The minimum atomic E-state index is 0.205. The van der Waals surface area contributed by atoms with E-state index in [0.717, 1.165) is 17.8 Å². The third-order valence-corrected chi connectivity index (χ3v) is 13.5. The first kappa shape index (κ1) is 46.1. The SMILES string of the molecule is CCCCCCCCCCCCCC(CCCCCCCCCCCCC)(C1CC(C)(C)NC(C)(C)C1)C(CC)C1CC(C)(C)NC(C)(C)C1. The van der Waals surface area contributed by atoms with E-state index >= 15 is 0 Å². The van der Waals surface area contributed by atoms with Gasteiger partial charge in [-0.3, -0.25) is 0 Å². The van der Waals surface area contributed by atoms with Crippen LogP contribution in [0.5, 0.6) is 0 Å². The Balaban J connectivity index is 2.23. The second-order valence-electron chi connectivity index (χ2n) is 20.9. The molecule has 0 spiro atoms. The highest BCUT2D eigenvalue weighted by molar-refractivity contribution is 5.07. The Bertz CT molecular complexity index is 794. The van der Waals surface area contributed by atoms with Crippen LogP contribution in [0.3, 0.4) is 0 Å². The number of unbranched alkanes of at least 4 members (excludes halogenated alkanes) is 20. The molecule has 2 heteroatoms. The monoisotopic (exact) mass is 701 g/mol. The summed E-state index contributed by atoms with van der Waals surface area (Å²) in [5, 5.41) is 8.18. The maximum atomic E-state index is 4.11. The first-order valence-corrected chi connectivity index (χ1v) is 23.2. The molecule has 2 saturated heterocycles. The summed E-state index contributed by atoms with van der Waals surface area (Å²) in [4.78, 5) is 0. The van der Waals surface area contributed by atoms with Crippen molar-refractivity contribution in [3.8, 4) is 0 Å². The maximum Gasteiger partial charge on any atom is 0.0132 e. The van der Waals surface area contributed by atoms with Crippen LogP contribution in [0.25, 0.3) is 0 Å². The number of rotatable bonds is 28. The number of nitrogens with one attached hydrogen (secondary N) is 2. The number of hydrogen-bond acceptors (Lipinski definition) is 2. The zero-order valence-electron chi connectivity index (χ0n) is 36.7. The van der Waals surface area contributed by atoms with Crippen LogP contribution >= 0.6 is 0 Å². The average Bonchev–Trinajstić information content (AvgIpc) is 2.99. The second kappa shape index (κ2) is 23.0.